The molecule has 4 nitrogen and oxygen atoms in total. The third-order valence-corrected chi connectivity index (χ3v) is 3.19. The average Bonchev–Trinajstić information content (AvgIpc) is 2.66. The Morgan fingerprint density at radius 1 is 1.42 bits per heavy atom. The van der Waals surface area contributed by atoms with E-state index in [1.54, 1.807) is 0 Å². The van der Waals surface area contributed by atoms with Crippen molar-refractivity contribution in [2.24, 2.45) is 7.05 Å². The highest BCUT2D eigenvalue weighted by atomic mass is 16.5. The molecule has 0 unspecified atom stereocenters. The summed E-state index contributed by atoms with van der Waals surface area (Å²) in [5, 5.41) is 9.85. The van der Waals surface area contributed by atoms with Crippen molar-refractivity contribution in [2.45, 2.75) is 26.2 Å². The molecule has 19 heavy (non-hydrogen) atoms. The second-order valence-electron chi connectivity index (χ2n) is 4.62. The number of benzene rings is 1. The molecular weight excluding hydrogens is 242 g/mol. The van der Waals surface area contributed by atoms with Gasteiger partial charge in [0.15, 0.2) is 0 Å². The van der Waals surface area contributed by atoms with Crippen LogP contribution in [-0.2, 0) is 18.3 Å². The molecule has 2 rings (SSSR count). The van der Waals surface area contributed by atoms with Crippen molar-refractivity contribution in [3.63, 3.8) is 0 Å². The van der Waals surface area contributed by atoms with Crippen LogP contribution in [-0.4, -0.2) is 22.2 Å². The van der Waals surface area contributed by atoms with E-state index in [9.17, 15) is 4.79 Å². The first-order chi connectivity index (χ1) is 9.11. The molecule has 1 N–H and O–H groups in total. The number of carboxylic acids is 1. The highest BCUT2D eigenvalue weighted by Gasteiger charge is 2.08. The van der Waals surface area contributed by atoms with E-state index in [4.69, 9.17) is 9.84 Å². The van der Waals surface area contributed by atoms with E-state index in [-0.39, 0.29) is 6.42 Å². The van der Waals surface area contributed by atoms with Crippen molar-refractivity contribution in [3.8, 4) is 5.75 Å². The minimum Gasteiger partial charge on any atom is -0.494 e. The van der Waals surface area contributed by atoms with Gasteiger partial charge in [0.1, 0.15) is 5.75 Å². The predicted molar refractivity (Wildman–Crippen MR) is 74.7 cm³/mol. The molecule has 2 aromatic rings. The van der Waals surface area contributed by atoms with Gasteiger partial charge in [-0.3, -0.25) is 4.79 Å². The molecule has 1 heterocycles. The molecule has 0 radical (unpaired) electrons. The summed E-state index contributed by atoms with van der Waals surface area (Å²) < 4.78 is 7.59. The lowest BCUT2D eigenvalue weighted by Gasteiger charge is -2.04. The highest BCUT2D eigenvalue weighted by Crippen LogP contribution is 2.26. The quantitative estimate of drug-likeness (QED) is 0.869. The Labute approximate surface area is 112 Å². The first kappa shape index (κ1) is 13.5. The van der Waals surface area contributed by atoms with Gasteiger partial charge < -0.3 is 14.4 Å². The normalized spacial score (nSPS) is 10.8. The van der Waals surface area contributed by atoms with E-state index >= 15 is 0 Å². The Balaban J connectivity index is 2.26. The second kappa shape index (κ2) is 5.78. The van der Waals surface area contributed by atoms with Crippen molar-refractivity contribution in [1.82, 2.24) is 4.57 Å². The molecule has 0 saturated heterocycles. The number of aliphatic carboxylic acids is 1. The largest absolute Gasteiger partial charge is 0.494 e. The SMILES string of the molecule is CCOc1ccc2c(c1)c(CCCC(=O)O)cn2C. The molecule has 0 aliphatic heterocycles. The van der Waals surface area contributed by atoms with Crippen molar-refractivity contribution in [1.29, 1.82) is 0 Å². The first-order valence-corrected chi connectivity index (χ1v) is 6.54. The summed E-state index contributed by atoms with van der Waals surface area (Å²) in [6.45, 7) is 2.61. The maximum Gasteiger partial charge on any atom is 0.303 e. The van der Waals surface area contributed by atoms with Gasteiger partial charge >= 0.3 is 5.97 Å². The number of hydrogen-bond donors (Lipinski definition) is 1. The number of aryl methyl sites for hydroxylation is 2. The van der Waals surface area contributed by atoms with Gasteiger partial charge in [0.2, 0.25) is 0 Å². The maximum atomic E-state index is 10.6. The predicted octanol–water partition coefficient (Wildman–Crippen LogP) is 2.98. The van der Waals surface area contributed by atoms with Gasteiger partial charge in [0.05, 0.1) is 6.61 Å². The molecule has 0 aliphatic rings. The fourth-order valence-corrected chi connectivity index (χ4v) is 2.34. The summed E-state index contributed by atoms with van der Waals surface area (Å²) in [6.07, 6.45) is 3.72. The fraction of sp³-hybridized carbons (Fsp3) is 0.400. The summed E-state index contributed by atoms with van der Waals surface area (Å²) >= 11 is 0. The van der Waals surface area contributed by atoms with Crippen LogP contribution in [0.15, 0.2) is 24.4 Å². The van der Waals surface area contributed by atoms with E-state index in [2.05, 4.69) is 10.8 Å². The van der Waals surface area contributed by atoms with Crippen LogP contribution in [0.25, 0.3) is 10.9 Å². The molecule has 1 aromatic heterocycles. The number of aromatic nitrogens is 1. The number of rotatable bonds is 6. The summed E-state index contributed by atoms with van der Waals surface area (Å²) in [6, 6.07) is 6.04. The van der Waals surface area contributed by atoms with E-state index in [1.165, 1.54) is 5.56 Å². The second-order valence-corrected chi connectivity index (χ2v) is 4.62. The fourth-order valence-electron chi connectivity index (χ4n) is 2.34. The van der Waals surface area contributed by atoms with Crippen LogP contribution in [0.5, 0.6) is 5.75 Å². The molecule has 102 valence electrons. The molecule has 0 bridgehead atoms. The smallest absolute Gasteiger partial charge is 0.303 e. The molecule has 0 atom stereocenters. The molecule has 0 amide bonds. The number of carboxylic acid groups (broad SMARTS) is 1. The summed E-state index contributed by atoms with van der Waals surface area (Å²) in [5.41, 5.74) is 2.33. The van der Waals surface area contributed by atoms with Gasteiger partial charge in [-0.1, -0.05) is 0 Å². The van der Waals surface area contributed by atoms with Crippen LogP contribution in [0.3, 0.4) is 0 Å². The van der Waals surface area contributed by atoms with Gasteiger partial charge in [-0.25, -0.2) is 0 Å². The Morgan fingerprint density at radius 3 is 2.89 bits per heavy atom. The zero-order valence-corrected chi connectivity index (χ0v) is 11.3. The molecular formula is C15H19NO3. The van der Waals surface area contributed by atoms with Gasteiger partial charge in [0.25, 0.3) is 0 Å². The lowest BCUT2D eigenvalue weighted by atomic mass is 10.1. The van der Waals surface area contributed by atoms with Gasteiger partial charge in [0, 0.05) is 30.6 Å². The average molecular weight is 261 g/mol. The first-order valence-electron chi connectivity index (χ1n) is 6.54. The Hall–Kier alpha value is -1.97. The molecule has 0 fully saturated rings. The van der Waals surface area contributed by atoms with Crippen molar-refractivity contribution < 1.29 is 14.6 Å². The van der Waals surface area contributed by atoms with Crippen LogP contribution in [0.4, 0.5) is 0 Å². The van der Waals surface area contributed by atoms with Gasteiger partial charge in [-0.15, -0.1) is 0 Å². The number of ether oxygens (including phenoxy) is 1. The molecule has 0 spiro atoms. The number of nitrogens with zero attached hydrogens (tertiary/aromatic N) is 1. The van der Waals surface area contributed by atoms with Gasteiger partial charge in [-0.2, -0.15) is 0 Å². The summed E-state index contributed by atoms with van der Waals surface area (Å²) in [7, 11) is 2.00. The molecule has 4 heteroatoms. The Morgan fingerprint density at radius 2 is 2.21 bits per heavy atom. The van der Waals surface area contributed by atoms with E-state index in [0.717, 1.165) is 23.1 Å². The maximum absolute atomic E-state index is 10.6. The van der Waals surface area contributed by atoms with Gasteiger partial charge in [-0.05, 0) is 43.5 Å². The Kier molecular flexibility index (Phi) is 4.10. The topological polar surface area (TPSA) is 51.5 Å². The van der Waals surface area contributed by atoms with Crippen LogP contribution in [0, 0.1) is 0 Å². The molecule has 1 aromatic carbocycles. The zero-order chi connectivity index (χ0) is 13.8. The summed E-state index contributed by atoms with van der Waals surface area (Å²) in [5.74, 6) is 0.121. The molecule has 0 aliphatic carbocycles. The van der Waals surface area contributed by atoms with Crippen LogP contribution in [0.2, 0.25) is 0 Å². The minimum atomic E-state index is -0.741. The van der Waals surface area contributed by atoms with Crippen molar-refractivity contribution in [3.05, 3.63) is 30.0 Å². The number of carbonyl (C=O) groups is 1. The Bertz CT molecular complexity index is 586. The van der Waals surface area contributed by atoms with Crippen molar-refractivity contribution in [2.75, 3.05) is 6.61 Å². The van der Waals surface area contributed by atoms with E-state index in [0.29, 0.717) is 13.0 Å². The molecule has 0 saturated carbocycles. The lowest BCUT2D eigenvalue weighted by Crippen LogP contribution is -1.95. The standard InChI is InChI=1S/C15H19NO3/c1-3-19-12-7-8-14-13(9-12)11(10-16(14)2)5-4-6-15(17)18/h7-10H,3-6H2,1-2H3,(H,17,18). The number of hydrogen-bond acceptors (Lipinski definition) is 2. The van der Waals surface area contributed by atoms with Crippen molar-refractivity contribution >= 4 is 16.9 Å². The third kappa shape index (κ3) is 3.08. The minimum absolute atomic E-state index is 0.210. The monoisotopic (exact) mass is 261 g/mol. The third-order valence-electron chi connectivity index (χ3n) is 3.19. The van der Waals surface area contributed by atoms with Crippen LogP contribution in [0.1, 0.15) is 25.3 Å². The van der Waals surface area contributed by atoms with Crippen LogP contribution >= 0.6 is 0 Å². The highest BCUT2D eigenvalue weighted by molar-refractivity contribution is 5.85. The van der Waals surface area contributed by atoms with E-state index in [1.807, 2.05) is 32.2 Å². The summed E-state index contributed by atoms with van der Waals surface area (Å²) in [4.78, 5) is 10.6. The van der Waals surface area contributed by atoms with E-state index < -0.39 is 5.97 Å². The number of fused-ring (bicyclic) bond motifs is 1. The zero-order valence-electron chi connectivity index (χ0n) is 11.3. The van der Waals surface area contributed by atoms with Crippen LogP contribution < -0.4 is 4.74 Å². The lowest BCUT2D eigenvalue weighted by molar-refractivity contribution is -0.137.